The van der Waals surface area contributed by atoms with Gasteiger partial charge in [-0.15, -0.1) is 0 Å². The second-order valence-electron chi connectivity index (χ2n) is 16.3. The first-order valence-electron chi connectivity index (χ1n) is 21.4. The fourth-order valence-electron chi connectivity index (χ4n) is 7.99. The Bertz CT molecular complexity index is 1990. The van der Waals surface area contributed by atoms with Gasteiger partial charge in [-0.25, -0.2) is 0 Å². The maximum atomic E-state index is 14.4. The van der Waals surface area contributed by atoms with E-state index in [1.54, 1.807) is 43.5 Å². The smallest absolute Gasteiger partial charge is 0.243 e. The van der Waals surface area contributed by atoms with Gasteiger partial charge in [-0.2, -0.15) is 0 Å². The van der Waals surface area contributed by atoms with Crippen LogP contribution in [-0.2, 0) is 36.8 Å². The van der Waals surface area contributed by atoms with Gasteiger partial charge in [0.2, 0.25) is 29.5 Å². The molecule has 19 nitrogen and oxygen atoms in total. The number of aromatic amines is 1. The van der Waals surface area contributed by atoms with Crippen molar-refractivity contribution < 1.29 is 39.3 Å². The van der Waals surface area contributed by atoms with E-state index in [2.05, 4.69) is 36.6 Å². The van der Waals surface area contributed by atoms with E-state index in [1.807, 2.05) is 24.3 Å². The number of fused-ring (bicyclic) bond motifs is 2. The zero-order chi connectivity index (χ0) is 44.8. The molecule has 19 heteroatoms. The number of carbonyl (C=O) groups is 5. The van der Waals surface area contributed by atoms with Crippen LogP contribution in [0.25, 0.3) is 10.9 Å². The van der Waals surface area contributed by atoms with Crippen LogP contribution in [0.3, 0.4) is 0 Å². The number of guanidine groups is 1. The molecule has 2 aliphatic heterocycles. The summed E-state index contributed by atoms with van der Waals surface area (Å²) in [6.07, 6.45) is -0.0800. The van der Waals surface area contributed by atoms with Crippen LogP contribution >= 0.6 is 0 Å². The number of nitrogens with zero attached hydrogens (tertiary/aromatic N) is 2. The summed E-state index contributed by atoms with van der Waals surface area (Å²) in [4.78, 5) is 77.9. The second-order valence-corrected chi connectivity index (χ2v) is 16.3. The number of hydrogen-bond acceptors (Lipinski definition) is 11. The van der Waals surface area contributed by atoms with Crippen LogP contribution in [0, 0.1) is 5.92 Å². The van der Waals surface area contributed by atoms with Gasteiger partial charge in [-0.1, -0.05) is 55.5 Å². The highest BCUT2D eigenvalue weighted by Gasteiger charge is 2.42. The first-order valence-corrected chi connectivity index (χ1v) is 21.4. The number of nitrogens with one attached hydrogen (secondary N) is 6. The first kappa shape index (κ1) is 47.4. The Morgan fingerprint density at radius 3 is 2.34 bits per heavy atom. The highest BCUT2D eigenvalue weighted by molar-refractivity contribution is 5.95. The molecule has 338 valence electrons. The van der Waals surface area contributed by atoms with E-state index >= 15 is 0 Å². The van der Waals surface area contributed by atoms with Gasteiger partial charge in [0, 0.05) is 68.0 Å². The molecule has 62 heavy (non-hydrogen) atoms. The largest absolute Gasteiger partial charge is 0.391 e. The van der Waals surface area contributed by atoms with E-state index in [-0.39, 0.29) is 69.9 Å². The van der Waals surface area contributed by atoms with Gasteiger partial charge in [0.05, 0.1) is 12.1 Å². The molecule has 5 rings (SSSR count). The number of amides is 5. The molecule has 0 saturated carbocycles. The summed E-state index contributed by atoms with van der Waals surface area (Å²) >= 11 is 0. The SMILES string of the molecule is C[C@H]1CCC(=O)NCCCC[C@@H]([C@@H](N)O)N[C@@H](O)[C@H](Cc2c[nH]c3ccccc23)NC(=O)[C@H](CCCN=C(N)N)NC(=O)[C@@H](Cc2ccccc2)NC(=O)[C@@H]2C[C@@H](O)CN2C1=O. The summed E-state index contributed by atoms with van der Waals surface area (Å²) in [6, 6.07) is 11.1. The Morgan fingerprint density at radius 2 is 1.60 bits per heavy atom. The minimum atomic E-state index is -1.45. The Balaban J connectivity index is 1.49. The van der Waals surface area contributed by atoms with Crippen molar-refractivity contribution in [2.45, 2.75) is 120 Å². The average Bonchev–Trinajstić information content (AvgIpc) is 3.85. The molecule has 0 aliphatic carbocycles. The monoisotopic (exact) mass is 861 g/mol. The molecule has 5 amide bonds. The van der Waals surface area contributed by atoms with Crippen LogP contribution in [0.2, 0.25) is 0 Å². The Labute approximate surface area is 361 Å². The van der Waals surface area contributed by atoms with Crippen LogP contribution in [0.15, 0.2) is 65.8 Å². The van der Waals surface area contributed by atoms with Crippen molar-refractivity contribution in [2.75, 3.05) is 19.6 Å². The standard InChI is InChI=1S/C43H63N11O8/c1-25-16-17-36(56)47-18-8-7-14-31(37(44)57)50-40(60)34(21-27-23-49-30-13-6-5-12-29(27)30)52-38(58)32(15-9-19-48-43(45)46)51-39(59)33(20-26-10-3-2-4-11-26)53-41(61)35-22-28(55)24-54(35)42(25)62/h2-6,10-13,23,25,28,31-35,37,40,49-50,55,57,60H,7-9,14-22,24,44H2,1H3,(H,47,56)(H,51,59)(H,52,58)(H,53,61)(H4,45,46,48)/t25-,28+,31-,32-,33+,34-,35-,37-,40-/m0/s1. The molecule has 2 aromatic carbocycles. The maximum Gasteiger partial charge on any atom is 0.243 e. The van der Waals surface area contributed by atoms with Crippen molar-refractivity contribution in [3.8, 4) is 0 Å². The molecule has 2 saturated heterocycles. The number of carbonyl (C=O) groups excluding carboxylic acids is 5. The summed E-state index contributed by atoms with van der Waals surface area (Å²) < 4.78 is 0. The molecular formula is C43H63N11O8. The number of rotatable bonds is 9. The molecule has 0 bridgehead atoms. The minimum absolute atomic E-state index is 0.0180. The normalized spacial score (nSPS) is 27.2. The lowest BCUT2D eigenvalue weighted by molar-refractivity contribution is -0.142. The molecule has 2 aliphatic rings. The number of para-hydroxylation sites is 1. The predicted octanol–water partition coefficient (Wildman–Crippen LogP) is -1.31. The molecule has 0 unspecified atom stereocenters. The highest BCUT2D eigenvalue weighted by atomic mass is 16.3. The van der Waals surface area contributed by atoms with Crippen molar-refractivity contribution in [1.82, 2.24) is 36.5 Å². The molecule has 3 heterocycles. The van der Waals surface area contributed by atoms with Crippen LogP contribution in [0.5, 0.6) is 0 Å². The van der Waals surface area contributed by atoms with Crippen LogP contribution < -0.4 is 43.8 Å². The van der Waals surface area contributed by atoms with E-state index in [1.165, 1.54) is 4.90 Å². The van der Waals surface area contributed by atoms with E-state index in [0.29, 0.717) is 31.4 Å². The molecule has 9 atom stereocenters. The van der Waals surface area contributed by atoms with Crippen molar-refractivity contribution in [3.05, 3.63) is 71.9 Å². The maximum absolute atomic E-state index is 14.4. The lowest BCUT2D eigenvalue weighted by atomic mass is 10.0. The van der Waals surface area contributed by atoms with E-state index in [9.17, 15) is 39.3 Å². The molecule has 0 radical (unpaired) electrons. The second kappa shape index (κ2) is 23.0. The Hall–Kier alpha value is -5.60. The number of aromatic nitrogens is 1. The van der Waals surface area contributed by atoms with Gasteiger partial charge in [0.1, 0.15) is 30.6 Å². The fraction of sp³-hybridized carbons (Fsp3) is 0.535. The van der Waals surface area contributed by atoms with Gasteiger partial charge >= 0.3 is 0 Å². The van der Waals surface area contributed by atoms with Crippen LogP contribution in [-0.4, -0.2) is 129 Å². The number of H-pyrrole nitrogens is 1. The summed E-state index contributed by atoms with van der Waals surface area (Å²) in [5.74, 6) is -3.49. The van der Waals surface area contributed by atoms with Crippen LogP contribution in [0.4, 0.5) is 0 Å². The van der Waals surface area contributed by atoms with E-state index in [0.717, 1.165) is 16.5 Å². The van der Waals surface area contributed by atoms with Gasteiger partial charge in [0.15, 0.2) is 5.96 Å². The summed E-state index contributed by atoms with van der Waals surface area (Å²) in [5.41, 5.74) is 19.4. The molecular weight excluding hydrogens is 799 g/mol. The topological polar surface area (TPSA) is 316 Å². The quantitative estimate of drug-likeness (QED) is 0.0517. The van der Waals surface area contributed by atoms with Crippen molar-refractivity contribution in [3.63, 3.8) is 0 Å². The third-order valence-corrected chi connectivity index (χ3v) is 11.5. The molecule has 15 N–H and O–H groups in total. The van der Waals surface area contributed by atoms with Gasteiger partial charge in [-0.3, -0.25) is 34.3 Å². The summed E-state index contributed by atoms with van der Waals surface area (Å²) in [6.45, 7) is 2.02. The molecule has 3 aromatic rings. The lowest BCUT2D eigenvalue weighted by Gasteiger charge is -2.32. The third-order valence-electron chi connectivity index (χ3n) is 11.5. The number of aliphatic imine (C=N–C) groups is 1. The van der Waals surface area contributed by atoms with Gasteiger partial charge < -0.3 is 63.7 Å². The molecule has 0 spiro atoms. The fourth-order valence-corrected chi connectivity index (χ4v) is 7.99. The Morgan fingerprint density at radius 1 is 0.887 bits per heavy atom. The molecule has 1 aromatic heterocycles. The average molecular weight is 862 g/mol. The number of aliphatic hydroxyl groups is 3. The number of hydrogen-bond donors (Lipinski definition) is 12. The van der Waals surface area contributed by atoms with Crippen molar-refractivity contribution in [2.24, 2.45) is 28.1 Å². The first-order chi connectivity index (χ1) is 29.7. The van der Waals surface area contributed by atoms with Crippen molar-refractivity contribution in [1.29, 1.82) is 0 Å². The summed E-state index contributed by atoms with van der Waals surface area (Å²) in [5, 5.41) is 48.3. The van der Waals surface area contributed by atoms with Gasteiger partial charge in [-0.05, 0) is 62.1 Å². The van der Waals surface area contributed by atoms with Crippen LogP contribution in [0.1, 0.15) is 69.4 Å². The zero-order valence-corrected chi connectivity index (χ0v) is 35.2. The summed E-state index contributed by atoms with van der Waals surface area (Å²) in [7, 11) is 0. The molecule has 2 fully saturated rings. The lowest BCUT2D eigenvalue weighted by Crippen LogP contribution is -2.61. The number of aliphatic hydroxyl groups excluding tert-OH is 3. The highest BCUT2D eigenvalue weighted by Crippen LogP contribution is 2.24. The Kier molecular flexibility index (Phi) is 17.6. The van der Waals surface area contributed by atoms with E-state index in [4.69, 9.17) is 17.2 Å². The predicted molar refractivity (Wildman–Crippen MR) is 232 cm³/mol. The minimum Gasteiger partial charge on any atom is -0.391 e. The zero-order valence-electron chi connectivity index (χ0n) is 35.2. The van der Waals surface area contributed by atoms with E-state index < -0.39 is 78.3 Å². The number of benzene rings is 2. The van der Waals surface area contributed by atoms with Gasteiger partial charge in [0.25, 0.3) is 0 Å². The number of nitrogens with two attached hydrogens (primary N) is 3. The van der Waals surface area contributed by atoms with Crippen molar-refractivity contribution >= 4 is 46.4 Å². The third kappa shape index (κ3) is 13.7.